The quantitative estimate of drug-likeness (QED) is 0.872. The lowest BCUT2D eigenvalue weighted by Gasteiger charge is -2.29. The van der Waals surface area contributed by atoms with Crippen molar-refractivity contribution in [2.75, 3.05) is 50.2 Å². The summed E-state index contributed by atoms with van der Waals surface area (Å²) in [5.74, 6) is -0.217. The van der Waals surface area contributed by atoms with Crippen LogP contribution in [0.3, 0.4) is 0 Å². The molecular formula is C17H22N4O3. The van der Waals surface area contributed by atoms with E-state index in [-0.39, 0.29) is 5.91 Å². The van der Waals surface area contributed by atoms with Crippen LogP contribution in [0, 0.1) is 0 Å². The molecule has 1 aliphatic heterocycles. The van der Waals surface area contributed by atoms with Crippen molar-refractivity contribution in [2.45, 2.75) is 6.54 Å². The number of nitrogens with zero attached hydrogens (tertiary/aromatic N) is 3. The molecule has 1 aromatic heterocycles. The largest absolute Gasteiger partial charge is 0.383 e. The maximum atomic E-state index is 12.3. The second kappa shape index (κ2) is 7.94. The first kappa shape index (κ1) is 16.5. The first-order chi connectivity index (χ1) is 11.8. The zero-order chi connectivity index (χ0) is 16.8. The molecule has 2 aromatic rings. The van der Waals surface area contributed by atoms with Gasteiger partial charge in [-0.1, -0.05) is 6.07 Å². The lowest BCUT2D eigenvalue weighted by atomic mass is 10.2. The van der Waals surface area contributed by atoms with Crippen LogP contribution >= 0.6 is 0 Å². The summed E-state index contributed by atoms with van der Waals surface area (Å²) in [5.41, 5.74) is 2.24. The number of ether oxygens (including phenoxy) is 2. The van der Waals surface area contributed by atoms with E-state index in [9.17, 15) is 4.79 Å². The summed E-state index contributed by atoms with van der Waals surface area (Å²) in [4.78, 5) is 14.6. The van der Waals surface area contributed by atoms with Gasteiger partial charge in [0.15, 0.2) is 5.69 Å². The molecule has 1 aliphatic rings. The van der Waals surface area contributed by atoms with E-state index in [2.05, 4.69) is 15.3 Å². The van der Waals surface area contributed by atoms with Crippen molar-refractivity contribution >= 4 is 17.3 Å². The van der Waals surface area contributed by atoms with Gasteiger partial charge in [0.05, 0.1) is 26.4 Å². The summed E-state index contributed by atoms with van der Waals surface area (Å²) >= 11 is 0. The highest BCUT2D eigenvalue weighted by molar-refractivity contribution is 6.03. The molecule has 1 amide bonds. The average molecular weight is 330 g/mol. The van der Waals surface area contributed by atoms with Gasteiger partial charge in [-0.15, -0.1) is 0 Å². The summed E-state index contributed by atoms with van der Waals surface area (Å²) in [6.45, 7) is 4.37. The summed E-state index contributed by atoms with van der Waals surface area (Å²) in [6, 6.07) is 9.55. The monoisotopic (exact) mass is 330 g/mol. The average Bonchev–Trinajstić information content (AvgIpc) is 3.10. The predicted molar refractivity (Wildman–Crippen MR) is 91.5 cm³/mol. The Kier molecular flexibility index (Phi) is 5.45. The number of amides is 1. The standard InChI is InChI=1S/C17H22N4O3/c1-23-10-9-21-6-5-16(19-21)17(22)18-14-3-2-4-15(13-14)20-7-11-24-12-8-20/h2-6,13H,7-12H2,1H3,(H,18,22). The molecule has 0 aliphatic carbocycles. The van der Waals surface area contributed by atoms with Gasteiger partial charge in [-0.3, -0.25) is 9.48 Å². The van der Waals surface area contributed by atoms with Crippen molar-refractivity contribution in [3.63, 3.8) is 0 Å². The van der Waals surface area contributed by atoms with Crippen LogP contribution in [0.4, 0.5) is 11.4 Å². The summed E-state index contributed by atoms with van der Waals surface area (Å²) in [7, 11) is 1.64. The topological polar surface area (TPSA) is 68.6 Å². The minimum atomic E-state index is -0.217. The Labute approximate surface area is 141 Å². The van der Waals surface area contributed by atoms with Crippen LogP contribution in [0.25, 0.3) is 0 Å². The van der Waals surface area contributed by atoms with Crippen LogP contribution in [-0.2, 0) is 16.0 Å². The number of nitrogens with one attached hydrogen (secondary N) is 1. The molecule has 0 bridgehead atoms. The second-order valence-electron chi connectivity index (χ2n) is 5.56. The molecule has 7 heteroatoms. The van der Waals surface area contributed by atoms with Crippen molar-refractivity contribution in [1.29, 1.82) is 0 Å². The number of carbonyl (C=O) groups excluding carboxylic acids is 1. The van der Waals surface area contributed by atoms with Crippen molar-refractivity contribution in [2.24, 2.45) is 0 Å². The smallest absolute Gasteiger partial charge is 0.276 e. The van der Waals surface area contributed by atoms with Crippen LogP contribution in [0.15, 0.2) is 36.5 Å². The molecule has 0 radical (unpaired) electrons. The first-order valence-corrected chi connectivity index (χ1v) is 8.03. The molecule has 1 aromatic carbocycles. The summed E-state index contributed by atoms with van der Waals surface area (Å²) in [5, 5.41) is 7.16. The number of carbonyl (C=O) groups is 1. The highest BCUT2D eigenvalue weighted by Crippen LogP contribution is 2.20. The fourth-order valence-electron chi connectivity index (χ4n) is 2.59. The van der Waals surface area contributed by atoms with Crippen molar-refractivity contribution in [3.8, 4) is 0 Å². The van der Waals surface area contributed by atoms with Crippen LogP contribution in [0.2, 0.25) is 0 Å². The molecule has 7 nitrogen and oxygen atoms in total. The number of morpholine rings is 1. The number of hydrogen-bond donors (Lipinski definition) is 1. The highest BCUT2D eigenvalue weighted by Gasteiger charge is 2.13. The molecule has 0 saturated carbocycles. The molecule has 1 saturated heterocycles. The third kappa shape index (κ3) is 4.12. The van der Waals surface area contributed by atoms with E-state index in [0.717, 1.165) is 37.7 Å². The van der Waals surface area contributed by atoms with E-state index in [1.165, 1.54) is 0 Å². The van der Waals surface area contributed by atoms with E-state index in [1.54, 1.807) is 24.1 Å². The molecule has 1 N–H and O–H groups in total. The van der Waals surface area contributed by atoms with Gasteiger partial charge in [0.25, 0.3) is 5.91 Å². The highest BCUT2D eigenvalue weighted by atomic mass is 16.5. The fourth-order valence-corrected chi connectivity index (χ4v) is 2.59. The van der Waals surface area contributed by atoms with Gasteiger partial charge in [0.2, 0.25) is 0 Å². The fraction of sp³-hybridized carbons (Fsp3) is 0.412. The zero-order valence-corrected chi connectivity index (χ0v) is 13.8. The van der Waals surface area contributed by atoms with Crippen molar-refractivity contribution < 1.29 is 14.3 Å². The predicted octanol–water partition coefficient (Wildman–Crippen LogP) is 1.62. The molecule has 0 spiro atoms. The van der Waals surface area contributed by atoms with E-state index < -0.39 is 0 Å². The SMILES string of the molecule is COCCn1ccc(C(=O)Nc2cccc(N3CCOCC3)c2)n1. The Morgan fingerprint density at radius 1 is 1.33 bits per heavy atom. The molecule has 24 heavy (non-hydrogen) atoms. The summed E-state index contributed by atoms with van der Waals surface area (Å²) < 4.78 is 12.1. The number of anilines is 2. The molecule has 0 atom stereocenters. The molecule has 2 heterocycles. The second-order valence-corrected chi connectivity index (χ2v) is 5.56. The Hall–Kier alpha value is -2.38. The maximum absolute atomic E-state index is 12.3. The lowest BCUT2D eigenvalue weighted by molar-refractivity contribution is 0.102. The maximum Gasteiger partial charge on any atom is 0.276 e. The van der Waals surface area contributed by atoms with Crippen LogP contribution in [0.5, 0.6) is 0 Å². The van der Waals surface area contributed by atoms with Crippen molar-refractivity contribution in [1.82, 2.24) is 9.78 Å². The van der Waals surface area contributed by atoms with Gasteiger partial charge in [-0.2, -0.15) is 5.10 Å². The van der Waals surface area contributed by atoms with Gasteiger partial charge < -0.3 is 19.7 Å². The Morgan fingerprint density at radius 3 is 2.96 bits per heavy atom. The van der Waals surface area contributed by atoms with E-state index in [4.69, 9.17) is 9.47 Å². The number of aromatic nitrogens is 2. The number of methoxy groups -OCH3 is 1. The van der Waals surface area contributed by atoms with Gasteiger partial charge in [0, 0.05) is 37.8 Å². The van der Waals surface area contributed by atoms with Gasteiger partial charge in [-0.25, -0.2) is 0 Å². The number of rotatable bonds is 6. The normalized spacial score (nSPS) is 14.6. The van der Waals surface area contributed by atoms with Crippen molar-refractivity contribution in [3.05, 3.63) is 42.2 Å². The number of benzene rings is 1. The van der Waals surface area contributed by atoms with Gasteiger partial charge in [-0.05, 0) is 24.3 Å². The van der Waals surface area contributed by atoms with E-state index in [1.807, 2.05) is 24.3 Å². The molecule has 0 unspecified atom stereocenters. The number of hydrogen-bond acceptors (Lipinski definition) is 5. The molecule has 128 valence electrons. The van der Waals surface area contributed by atoms with Gasteiger partial charge in [0.1, 0.15) is 0 Å². The molecule has 1 fully saturated rings. The van der Waals surface area contributed by atoms with Crippen LogP contribution in [-0.4, -0.2) is 55.7 Å². The van der Waals surface area contributed by atoms with Gasteiger partial charge >= 0.3 is 0 Å². The minimum absolute atomic E-state index is 0.217. The van der Waals surface area contributed by atoms with E-state index in [0.29, 0.717) is 18.8 Å². The van der Waals surface area contributed by atoms with Crippen LogP contribution < -0.4 is 10.2 Å². The lowest BCUT2D eigenvalue weighted by Crippen LogP contribution is -2.36. The Bertz CT molecular complexity index is 680. The molecule has 3 rings (SSSR count). The zero-order valence-electron chi connectivity index (χ0n) is 13.8. The third-order valence-corrected chi connectivity index (χ3v) is 3.88. The minimum Gasteiger partial charge on any atom is -0.383 e. The Balaban J connectivity index is 1.64. The first-order valence-electron chi connectivity index (χ1n) is 8.03. The summed E-state index contributed by atoms with van der Waals surface area (Å²) in [6.07, 6.45) is 1.78. The third-order valence-electron chi connectivity index (χ3n) is 3.88. The molecular weight excluding hydrogens is 308 g/mol. The van der Waals surface area contributed by atoms with E-state index >= 15 is 0 Å². The van der Waals surface area contributed by atoms with Crippen LogP contribution in [0.1, 0.15) is 10.5 Å². The Morgan fingerprint density at radius 2 is 2.17 bits per heavy atom.